The van der Waals surface area contributed by atoms with E-state index >= 15 is 8.78 Å². The van der Waals surface area contributed by atoms with Gasteiger partial charge in [-0.15, -0.1) is 5.54 Å². The lowest BCUT2D eigenvalue weighted by Crippen LogP contribution is -2.43. The zero-order chi connectivity index (χ0) is 40.3. The molecular formula is C42H50F5N5O3Si. The molecule has 2 aliphatic heterocycles. The van der Waals surface area contributed by atoms with Crippen molar-refractivity contribution >= 4 is 35.6 Å². The normalized spacial score (nSPS) is 21.9. The Morgan fingerprint density at radius 3 is 2.39 bits per heavy atom. The maximum Gasteiger partial charge on any atom is 0.319 e. The van der Waals surface area contributed by atoms with E-state index in [9.17, 15) is 13.2 Å². The van der Waals surface area contributed by atoms with Gasteiger partial charge in [-0.05, 0) is 59.6 Å². The molecular weight excluding hydrogens is 746 g/mol. The van der Waals surface area contributed by atoms with Crippen LogP contribution in [-0.2, 0) is 4.74 Å². The number of anilines is 1. The monoisotopic (exact) mass is 795 g/mol. The van der Waals surface area contributed by atoms with Crippen molar-refractivity contribution in [3.63, 3.8) is 0 Å². The second-order valence-corrected chi connectivity index (χ2v) is 22.2. The number of hydrogen-bond donors (Lipinski definition) is 0. The minimum Gasteiger partial charge on any atom is -0.468 e. The Balaban J connectivity index is 1.43. The summed E-state index contributed by atoms with van der Waals surface area (Å²) in [5.41, 5.74) is 3.82. The average Bonchev–Trinajstić information content (AvgIpc) is 3.43. The van der Waals surface area contributed by atoms with Crippen LogP contribution in [0, 0.1) is 23.1 Å². The van der Waals surface area contributed by atoms with Crippen molar-refractivity contribution in [3.05, 3.63) is 47.7 Å². The number of halogens is 5. The lowest BCUT2D eigenvalue weighted by molar-refractivity contribution is 0.0512. The second kappa shape index (κ2) is 15.0. The quantitative estimate of drug-likeness (QED) is 0.0608. The number of ether oxygens (including phenoxy) is 3. The Hall–Kier alpha value is -4.06. The largest absolute Gasteiger partial charge is 0.468 e. The SMILES string of the molecule is COCOc1cc(-c2ncc3c(N(C)C4CC4(F)F)nc(OC[C@@]45CCCN4C[C@H](F)C5)nc3c2F)c2c(C#C[Si](C(C)C)(C(C)C)C(C)C)c(F)ccc2c1. The number of rotatable bonds is 12. The zero-order valence-electron chi connectivity index (χ0n) is 33.3. The molecule has 2 aromatic carbocycles. The molecule has 4 aromatic rings. The molecule has 3 atom stereocenters. The van der Waals surface area contributed by atoms with Gasteiger partial charge >= 0.3 is 6.01 Å². The van der Waals surface area contributed by atoms with Gasteiger partial charge in [-0.3, -0.25) is 9.88 Å². The molecule has 7 rings (SSSR count). The highest BCUT2D eigenvalue weighted by atomic mass is 28.3. The predicted molar refractivity (Wildman–Crippen MR) is 211 cm³/mol. The van der Waals surface area contributed by atoms with Crippen LogP contribution in [-0.4, -0.2) is 92.2 Å². The standard InChI is InChI=1S/C42H50F5N5O3Si/c1-24(2)56(25(3)4,26(5)6)15-12-30-33(44)11-10-27-16-29(55-23-53-8)17-31(35(27)30)37-36(45)38-32(20-48-37)39(51(7)34-19-42(34,46)47)50-40(49-38)54-22-41-13-9-14-52(41)21-28(43)18-41/h10-11,16-17,20,24-26,28,34H,9,13-14,18-19,21-23H2,1-8H3/t28-,34?,41+/m1/s1. The summed E-state index contributed by atoms with van der Waals surface area (Å²) in [6.07, 6.45) is 1.84. The number of methoxy groups -OCH3 is 1. The minimum atomic E-state index is -2.95. The molecule has 3 fully saturated rings. The number of fused-ring (bicyclic) bond motifs is 3. The first-order valence-electron chi connectivity index (χ1n) is 19.4. The Labute approximate surface area is 326 Å². The Morgan fingerprint density at radius 2 is 1.73 bits per heavy atom. The van der Waals surface area contributed by atoms with Crippen LogP contribution in [0.25, 0.3) is 32.9 Å². The van der Waals surface area contributed by atoms with Crippen molar-refractivity contribution in [1.82, 2.24) is 19.9 Å². The van der Waals surface area contributed by atoms with Crippen LogP contribution in [0.1, 0.15) is 72.8 Å². The first-order valence-corrected chi connectivity index (χ1v) is 21.7. The van der Waals surface area contributed by atoms with E-state index in [0.717, 1.165) is 19.4 Å². The first kappa shape index (κ1) is 40.1. The first-order chi connectivity index (χ1) is 26.5. The number of benzene rings is 2. The molecule has 4 heterocycles. The van der Waals surface area contributed by atoms with Gasteiger partial charge in [0.05, 0.1) is 22.5 Å². The van der Waals surface area contributed by atoms with E-state index in [1.165, 1.54) is 31.3 Å². The van der Waals surface area contributed by atoms with Crippen LogP contribution >= 0.6 is 0 Å². The van der Waals surface area contributed by atoms with E-state index in [0.29, 0.717) is 23.1 Å². The molecule has 1 aliphatic carbocycles. The highest BCUT2D eigenvalue weighted by Crippen LogP contribution is 2.48. The zero-order valence-corrected chi connectivity index (χ0v) is 34.3. The Morgan fingerprint density at radius 1 is 1.02 bits per heavy atom. The highest BCUT2D eigenvalue weighted by molar-refractivity contribution is 6.90. The third kappa shape index (κ3) is 6.98. The van der Waals surface area contributed by atoms with E-state index in [2.05, 4.69) is 72.9 Å². The van der Waals surface area contributed by atoms with Gasteiger partial charge in [0, 0.05) is 50.7 Å². The van der Waals surface area contributed by atoms with E-state index in [-0.39, 0.29) is 82.4 Å². The molecule has 14 heteroatoms. The molecule has 0 bridgehead atoms. The number of alkyl halides is 3. The van der Waals surface area contributed by atoms with E-state index in [1.807, 2.05) is 0 Å². The molecule has 0 N–H and O–H groups in total. The van der Waals surface area contributed by atoms with Crippen molar-refractivity contribution in [2.45, 2.75) is 108 Å². The Bertz CT molecular complexity index is 2190. The number of pyridine rings is 1. The van der Waals surface area contributed by atoms with Gasteiger partial charge in [-0.25, -0.2) is 22.0 Å². The van der Waals surface area contributed by atoms with Crippen molar-refractivity contribution in [2.24, 2.45) is 0 Å². The molecule has 56 heavy (non-hydrogen) atoms. The van der Waals surface area contributed by atoms with Crippen molar-refractivity contribution in [2.75, 3.05) is 45.5 Å². The van der Waals surface area contributed by atoms with Crippen LogP contribution in [0.5, 0.6) is 11.8 Å². The van der Waals surface area contributed by atoms with Crippen molar-refractivity contribution < 1.29 is 36.2 Å². The van der Waals surface area contributed by atoms with E-state index < -0.39 is 43.4 Å². The summed E-state index contributed by atoms with van der Waals surface area (Å²) >= 11 is 0. The summed E-state index contributed by atoms with van der Waals surface area (Å²) in [5, 5.41) is 0.978. The molecule has 2 saturated heterocycles. The van der Waals surface area contributed by atoms with Crippen LogP contribution < -0.4 is 14.4 Å². The molecule has 0 radical (unpaired) electrons. The van der Waals surface area contributed by atoms with Gasteiger partial charge in [0.1, 0.15) is 49.4 Å². The fourth-order valence-electron chi connectivity index (χ4n) is 9.49. The lowest BCUT2D eigenvalue weighted by Gasteiger charge is -2.38. The molecule has 1 saturated carbocycles. The van der Waals surface area contributed by atoms with Gasteiger partial charge in [0.2, 0.25) is 0 Å². The van der Waals surface area contributed by atoms with Gasteiger partial charge in [-0.1, -0.05) is 53.5 Å². The Kier molecular flexibility index (Phi) is 10.8. The average molecular weight is 796 g/mol. The smallest absolute Gasteiger partial charge is 0.319 e. The van der Waals surface area contributed by atoms with Crippen molar-refractivity contribution in [1.29, 1.82) is 0 Å². The topological polar surface area (TPSA) is 72.8 Å². The van der Waals surface area contributed by atoms with Gasteiger partial charge < -0.3 is 19.1 Å². The molecule has 3 aliphatic rings. The molecule has 300 valence electrons. The summed E-state index contributed by atoms with van der Waals surface area (Å²) < 4.78 is 94.1. The number of nitrogens with zero attached hydrogens (tertiary/aromatic N) is 5. The van der Waals surface area contributed by atoms with Crippen LogP contribution in [0.4, 0.5) is 27.8 Å². The van der Waals surface area contributed by atoms with E-state index in [4.69, 9.17) is 14.2 Å². The second-order valence-electron chi connectivity index (χ2n) is 16.7. The fourth-order valence-corrected chi connectivity index (χ4v) is 14.7. The molecule has 0 amide bonds. The highest BCUT2D eigenvalue weighted by Gasteiger charge is 2.60. The fraction of sp³-hybridized carbons (Fsp3) is 0.548. The van der Waals surface area contributed by atoms with Crippen LogP contribution in [0.15, 0.2) is 30.5 Å². The molecule has 1 unspecified atom stereocenters. The molecule has 2 aromatic heterocycles. The van der Waals surface area contributed by atoms with Crippen LogP contribution in [0.3, 0.4) is 0 Å². The minimum absolute atomic E-state index is 0.0256. The summed E-state index contributed by atoms with van der Waals surface area (Å²) in [5.74, 6) is -0.793. The maximum atomic E-state index is 17.4. The van der Waals surface area contributed by atoms with Gasteiger partial charge in [-0.2, -0.15) is 9.97 Å². The summed E-state index contributed by atoms with van der Waals surface area (Å²) in [6.45, 7) is 14.0. The summed E-state index contributed by atoms with van der Waals surface area (Å²) in [6, 6.07) is 4.83. The summed E-state index contributed by atoms with van der Waals surface area (Å²) in [4.78, 5) is 16.9. The van der Waals surface area contributed by atoms with Gasteiger partial charge in [0.25, 0.3) is 5.92 Å². The molecule has 0 spiro atoms. The van der Waals surface area contributed by atoms with E-state index in [1.54, 1.807) is 18.2 Å². The predicted octanol–water partition coefficient (Wildman–Crippen LogP) is 9.47. The van der Waals surface area contributed by atoms with Crippen molar-refractivity contribution in [3.8, 4) is 34.5 Å². The molecule has 8 nitrogen and oxygen atoms in total. The summed E-state index contributed by atoms with van der Waals surface area (Å²) in [7, 11) is 0.611. The third-order valence-electron chi connectivity index (χ3n) is 12.4. The lowest BCUT2D eigenvalue weighted by atomic mass is 9.95. The number of hydrogen-bond acceptors (Lipinski definition) is 8. The number of aromatic nitrogens is 3. The van der Waals surface area contributed by atoms with Crippen LogP contribution in [0.2, 0.25) is 16.6 Å². The third-order valence-corrected chi connectivity index (χ3v) is 18.7. The van der Waals surface area contributed by atoms with Gasteiger partial charge in [0.15, 0.2) is 12.6 Å². The maximum absolute atomic E-state index is 17.4.